The van der Waals surface area contributed by atoms with Crippen LogP contribution < -0.4 is 5.32 Å². The van der Waals surface area contributed by atoms with Gasteiger partial charge < -0.3 is 15.1 Å². The van der Waals surface area contributed by atoms with Gasteiger partial charge in [-0.25, -0.2) is 0 Å². The number of nitrogens with one attached hydrogen (secondary N) is 1. The topological polar surface area (TPSA) is 82.6 Å². The van der Waals surface area contributed by atoms with Crippen molar-refractivity contribution in [3.63, 3.8) is 0 Å². The summed E-state index contributed by atoms with van der Waals surface area (Å²) in [4.78, 5) is 46.3. The number of piperidine rings is 1. The molecule has 33 heavy (non-hydrogen) atoms. The van der Waals surface area contributed by atoms with Crippen molar-refractivity contribution in [2.45, 2.75) is 32.6 Å². The Balaban J connectivity index is 1.63. The molecule has 1 aromatic heterocycles. The lowest BCUT2D eigenvalue weighted by molar-refractivity contribution is -0.144. The first-order valence-electron chi connectivity index (χ1n) is 11.7. The van der Waals surface area contributed by atoms with Crippen molar-refractivity contribution in [3.8, 4) is 11.1 Å². The zero-order valence-electron chi connectivity index (χ0n) is 19.4. The normalized spacial score (nSPS) is 23.0. The molecule has 2 unspecified atom stereocenters. The Labute approximate surface area is 195 Å². The molecule has 0 spiro atoms. The Kier molecular flexibility index (Phi) is 6.77. The lowest BCUT2D eigenvalue weighted by Gasteiger charge is -2.42. The summed E-state index contributed by atoms with van der Waals surface area (Å²) >= 11 is 0. The summed E-state index contributed by atoms with van der Waals surface area (Å²) in [5.41, 5.74) is 2.51. The number of pyridine rings is 1. The number of carbonyl (C=O) groups excluding carboxylic acids is 3. The molecule has 0 bridgehead atoms. The summed E-state index contributed by atoms with van der Waals surface area (Å²) in [6, 6.07) is 12.1. The third kappa shape index (κ3) is 4.77. The molecular formula is C26H32N4O3. The number of hydrogen-bond donors (Lipinski definition) is 1. The smallest absolute Gasteiger partial charge is 0.228 e. The Morgan fingerprint density at radius 2 is 1.94 bits per heavy atom. The van der Waals surface area contributed by atoms with Crippen molar-refractivity contribution in [2.24, 2.45) is 11.3 Å². The van der Waals surface area contributed by atoms with E-state index < -0.39 is 5.41 Å². The van der Waals surface area contributed by atoms with E-state index in [1.54, 1.807) is 24.3 Å². The highest BCUT2D eigenvalue weighted by molar-refractivity contribution is 5.90. The van der Waals surface area contributed by atoms with Gasteiger partial charge in [-0.2, -0.15) is 0 Å². The van der Waals surface area contributed by atoms with E-state index in [9.17, 15) is 14.4 Å². The maximum absolute atomic E-state index is 13.4. The Hall–Kier alpha value is -3.22. The molecule has 2 atom stereocenters. The van der Waals surface area contributed by atoms with Crippen molar-refractivity contribution in [3.05, 3.63) is 54.4 Å². The highest BCUT2D eigenvalue weighted by Gasteiger charge is 2.45. The molecular weight excluding hydrogens is 416 g/mol. The number of amides is 3. The molecule has 2 saturated heterocycles. The van der Waals surface area contributed by atoms with Crippen LogP contribution in [0.4, 0.5) is 0 Å². The Morgan fingerprint density at radius 1 is 1.18 bits per heavy atom. The first-order chi connectivity index (χ1) is 15.9. The van der Waals surface area contributed by atoms with Gasteiger partial charge >= 0.3 is 0 Å². The van der Waals surface area contributed by atoms with Crippen LogP contribution in [-0.4, -0.2) is 65.7 Å². The van der Waals surface area contributed by atoms with Gasteiger partial charge in [0.15, 0.2) is 0 Å². The fraction of sp³-hybridized carbons (Fsp3) is 0.462. The van der Waals surface area contributed by atoms with Crippen LogP contribution in [0.5, 0.6) is 0 Å². The summed E-state index contributed by atoms with van der Waals surface area (Å²) in [6.07, 6.45) is 5.82. The largest absolute Gasteiger partial charge is 0.356 e. The summed E-state index contributed by atoms with van der Waals surface area (Å²) in [5, 5.41) is 3.03. The molecule has 2 aliphatic rings. The zero-order valence-corrected chi connectivity index (χ0v) is 19.4. The second-order valence-electron chi connectivity index (χ2n) is 9.25. The first kappa shape index (κ1) is 23.0. The van der Waals surface area contributed by atoms with E-state index >= 15 is 0 Å². The van der Waals surface area contributed by atoms with E-state index in [2.05, 4.69) is 22.4 Å². The van der Waals surface area contributed by atoms with Gasteiger partial charge in [0.1, 0.15) is 0 Å². The molecule has 1 aromatic carbocycles. The second kappa shape index (κ2) is 9.73. The average molecular weight is 449 g/mol. The van der Waals surface area contributed by atoms with Crippen LogP contribution in [0.15, 0.2) is 48.8 Å². The van der Waals surface area contributed by atoms with Crippen LogP contribution in [0.2, 0.25) is 0 Å². The number of hydrogen-bond acceptors (Lipinski definition) is 4. The molecule has 3 amide bonds. The van der Waals surface area contributed by atoms with Gasteiger partial charge in [0.2, 0.25) is 17.7 Å². The van der Waals surface area contributed by atoms with Crippen molar-refractivity contribution in [1.29, 1.82) is 0 Å². The highest BCUT2D eigenvalue weighted by Crippen LogP contribution is 2.38. The molecule has 0 saturated carbocycles. The van der Waals surface area contributed by atoms with Crippen molar-refractivity contribution in [2.75, 3.05) is 33.2 Å². The van der Waals surface area contributed by atoms with Crippen molar-refractivity contribution >= 4 is 17.7 Å². The van der Waals surface area contributed by atoms with Crippen LogP contribution in [0, 0.1) is 11.3 Å². The van der Waals surface area contributed by atoms with Gasteiger partial charge in [0.05, 0.1) is 11.3 Å². The van der Waals surface area contributed by atoms with Crippen LogP contribution >= 0.6 is 0 Å². The third-order valence-corrected chi connectivity index (χ3v) is 6.94. The fourth-order valence-electron chi connectivity index (χ4n) is 5.22. The van der Waals surface area contributed by atoms with E-state index in [4.69, 9.17) is 0 Å². The SMILES string of the molecule is CCNC(=O)C1(Cc2ccccc2-c2ccncc2)CCCN(C(=O)C2CC(=O)N(C)C2)C1. The van der Waals surface area contributed by atoms with E-state index in [0.29, 0.717) is 32.6 Å². The van der Waals surface area contributed by atoms with Crippen LogP contribution in [-0.2, 0) is 20.8 Å². The highest BCUT2D eigenvalue weighted by atomic mass is 16.2. The summed E-state index contributed by atoms with van der Waals surface area (Å²) in [5.74, 6) is -0.335. The average Bonchev–Trinajstić information content (AvgIpc) is 3.18. The molecule has 7 nitrogen and oxygen atoms in total. The maximum Gasteiger partial charge on any atom is 0.228 e. The molecule has 3 heterocycles. The number of aromatic nitrogens is 1. The van der Waals surface area contributed by atoms with Crippen LogP contribution in [0.1, 0.15) is 31.7 Å². The van der Waals surface area contributed by atoms with Gasteiger partial charge in [-0.1, -0.05) is 24.3 Å². The van der Waals surface area contributed by atoms with E-state index in [1.807, 2.05) is 36.1 Å². The maximum atomic E-state index is 13.4. The number of carbonyl (C=O) groups is 3. The summed E-state index contributed by atoms with van der Waals surface area (Å²) < 4.78 is 0. The molecule has 2 aliphatic heterocycles. The van der Waals surface area contributed by atoms with E-state index in [0.717, 1.165) is 29.5 Å². The molecule has 2 aromatic rings. The standard InChI is InChI=1S/C26H32N4O3/c1-3-28-25(33)26(16-20-7-4-5-8-22(20)19-9-12-27-13-10-19)11-6-14-30(18-26)24(32)21-15-23(31)29(2)17-21/h4-5,7-10,12-13,21H,3,6,11,14-18H2,1-2H3,(H,28,33). The second-order valence-corrected chi connectivity index (χ2v) is 9.25. The molecule has 2 fully saturated rings. The van der Waals surface area contributed by atoms with Gasteiger partial charge in [-0.05, 0) is 55.0 Å². The minimum Gasteiger partial charge on any atom is -0.356 e. The monoisotopic (exact) mass is 448 g/mol. The zero-order chi connectivity index (χ0) is 23.4. The minimum atomic E-state index is -0.707. The quantitative estimate of drug-likeness (QED) is 0.736. The predicted octanol–water partition coefficient (Wildman–Crippen LogP) is 2.51. The van der Waals surface area contributed by atoms with Crippen molar-refractivity contribution in [1.82, 2.24) is 20.1 Å². The van der Waals surface area contributed by atoms with Gasteiger partial charge in [-0.3, -0.25) is 19.4 Å². The van der Waals surface area contributed by atoms with E-state index in [1.165, 1.54) is 0 Å². The van der Waals surface area contributed by atoms with Gasteiger partial charge in [0.25, 0.3) is 0 Å². The number of benzene rings is 1. The molecule has 1 N–H and O–H groups in total. The van der Waals surface area contributed by atoms with E-state index in [-0.39, 0.29) is 30.1 Å². The number of nitrogens with zero attached hydrogens (tertiary/aromatic N) is 3. The van der Waals surface area contributed by atoms with Gasteiger partial charge in [0, 0.05) is 52.0 Å². The molecule has 0 aliphatic carbocycles. The summed E-state index contributed by atoms with van der Waals surface area (Å²) in [7, 11) is 1.74. The minimum absolute atomic E-state index is 0.00614. The lowest BCUT2D eigenvalue weighted by Crippen LogP contribution is -2.55. The van der Waals surface area contributed by atoms with Gasteiger partial charge in [-0.15, -0.1) is 0 Å². The molecule has 174 valence electrons. The number of rotatable bonds is 6. The van der Waals surface area contributed by atoms with Crippen LogP contribution in [0.25, 0.3) is 11.1 Å². The molecule has 4 rings (SSSR count). The Bertz CT molecular complexity index is 1030. The fourth-order valence-corrected chi connectivity index (χ4v) is 5.22. The Morgan fingerprint density at radius 3 is 2.64 bits per heavy atom. The van der Waals surface area contributed by atoms with Crippen molar-refractivity contribution < 1.29 is 14.4 Å². The molecule has 7 heteroatoms. The first-order valence-corrected chi connectivity index (χ1v) is 11.7. The summed E-state index contributed by atoms with van der Waals surface area (Å²) in [6.45, 7) is 3.91. The predicted molar refractivity (Wildman–Crippen MR) is 126 cm³/mol. The molecule has 0 radical (unpaired) electrons. The third-order valence-electron chi connectivity index (χ3n) is 6.94. The van der Waals surface area contributed by atoms with Crippen LogP contribution in [0.3, 0.4) is 0 Å². The number of likely N-dealkylation sites (tertiary alicyclic amines) is 2. The lowest BCUT2D eigenvalue weighted by atomic mass is 9.73.